The first kappa shape index (κ1) is 15.5. The molecular weight excluding hydrogens is 250 g/mol. The van der Waals surface area contributed by atoms with Crippen LogP contribution in [0.3, 0.4) is 0 Å². The van der Waals surface area contributed by atoms with Gasteiger partial charge in [-0.3, -0.25) is 9.58 Å². The van der Waals surface area contributed by atoms with Crippen molar-refractivity contribution < 1.29 is 0 Å². The van der Waals surface area contributed by atoms with Gasteiger partial charge in [-0.25, -0.2) is 0 Å². The minimum atomic E-state index is 0.672. The van der Waals surface area contributed by atoms with Gasteiger partial charge in [0.05, 0.1) is 6.54 Å². The van der Waals surface area contributed by atoms with Crippen LogP contribution in [0.25, 0.3) is 0 Å². The number of aromatic nitrogens is 2. The fourth-order valence-electron chi connectivity index (χ4n) is 3.09. The summed E-state index contributed by atoms with van der Waals surface area (Å²) in [6, 6.07) is 2.66. The Kier molecular flexibility index (Phi) is 6.50. The molecule has 0 spiro atoms. The fraction of sp³-hybridized carbons (Fsp3) is 0.800. The van der Waals surface area contributed by atoms with Gasteiger partial charge in [-0.05, 0) is 45.0 Å². The lowest BCUT2D eigenvalue weighted by Gasteiger charge is -2.29. The molecule has 1 aromatic heterocycles. The Morgan fingerprint density at radius 3 is 2.80 bits per heavy atom. The van der Waals surface area contributed by atoms with E-state index < -0.39 is 0 Å². The zero-order chi connectivity index (χ0) is 14.2. The lowest BCUT2D eigenvalue weighted by atomic mass is 10.1. The summed E-state index contributed by atoms with van der Waals surface area (Å²) in [5.41, 5.74) is 5.73. The van der Waals surface area contributed by atoms with E-state index in [0.29, 0.717) is 6.04 Å². The number of hydrogen-bond donors (Lipinski definition) is 1. The molecular formula is C15H29N5. The zero-order valence-electron chi connectivity index (χ0n) is 12.7. The summed E-state index contributed by atoms with van der Waals surface area (Å²) in [6.45, 7) is 9.95. The van der Waals surface area contributed by atoms with E-state index in [2.05, 4.69) is 21.8 Å². The van der Waals surface area contributed by atoms with Crippen molar-refractivity contribution in [3.05, 3.63) is 18.5 Å². The van der Waals surface area contributed by atoms with E-state index in [1.165, 1.54) is 39.0 Å². The summed E-state index contributed by atoms with van der Waals surface area (Å²) in [6.07, 6.45) is 7.50. The predicted octanol–water partition coefficient (Wildman–Crippen LogP) is 1.02. The molecule has 5 nitrogen and oxygen atoms in total. The molecule has 0 radical (unpaired) electrons. The average molecular weight is 279 g/mol. The zero-order valence-corrected chi connectivity index (χ0v) is 12.7. The molecule has 1 aliphatic heterocycles. The minimum absolute atomic E-state index is 0.672. The van der Waals surface area contributed by atoms with Crippen LogP contribution in [0.4, 0.5) is 0 Å². The molecule has 114 valence electrons. The molecule has 2 heterocycles. The molecule has 1 unspecified atom stereocenters. The normalized spacial score (nSPS) is 19.9. The van der Waals surface area contributed by atoms with Crippen LogP contribution >= 0.6 is 0 Å². The molecule has 0 aliphatic carbocycles. The number of rotatable bonds is 7. The van der Waals surface area contributed by atoms with Gasteiger partial charge < -0.3 is 10.6 Å². The van der Waals surface area contributed by atoms with Gasteiger partial charge >= 0.3 is 0 Å². The first-order chi connectivity index (χ1) is 9.83. The second kappa shape index (κ2) is 8.39. The molecule has 0 bridgehead atoms. The predicted molar refractivity (Wildman–Crippen MR) is 82.6 cm³/mol. The molecule has 0 amide bonds. The summed E-state index contributed by atoms with van der Waals surface area (Å²) in [5.74, 6) is 0. The third kappa shape index (κ3) is 4.58. The maximum absolute atomic E-state index is 5.73. The van der Waals surface area contributed by atoms with Gasteiger partial charge in [-0.1, -0.05) is 6.92 Å². The summed E-state index contributed by atoms with van der Waals surface area (Å²) in [4.78, 5) is 5.21. The van der Waals surface area contributed by atoms with E-state index >= 15 is 0 Å². The van der Waals surface area contributed by atoms with E-state index in [9.17, 15) is 0 Å². The van der Waals surface area contributed by atoms with Gasteiger partial charge in [0, 0.05) is 38.1 Å². The summed E-state index contributed by atoms with van der Waals surface area (Å²) >= 11 is 0. The third-order valence-corrected chi connectivity index (χ3v) is 4.32. The van der Waals surface area contributed by atoms with Crippen molar-refractivity contribution in [3.8, 4) is 0 Å². The van der Waals surface area contributed by atoms with Crippen LogP contribution in [0.15, 0.2) is 18.5 Å². The van der Waals surface area contributed by atoms with E-state index in [0.717, 1.165) is 26.1 Å². The Bertz CT molecular complexity index is 351. The summed E-state index contributed by atoms with van der Waals surface area (Å²) in [7, 11) is 0. The maximum Gasteiger partial charge on any atom is 0.0536 e. The molecule has 1 atom stereocenters. The highest BCUT2D eigenvalue weighted by molar-refractivity contribution is 4.79. The van der Waals surface area contributed by atoms with Crippen molar-refractivity contribution >= 4 is 0 Å². The quantitative estimate of drug-likeness (QED) is 0.809. The van der Waals surface area contributed by atoms with Crippen LogP contribution in [0.5, 0.6) is 0 Å². The summed E-state index contributed by atoms with van der Waals surface area (Å²) < 4.78 is 2.02. The highest BCUT2D eigenvalue weighted by Gasteiger charge is 2.20. The summed E-state index contributed by atoms with van der Waals surface area (Å²) in [5, 5.41) is 4.27. The number of hydrogen-bond acceptors (Lipinski definition) is 4. The molecule has 1 fully saturated rings. The average Bonchev–Trinajstić information content (AvgIpc) is 2.88. The Morgan fingerprint density at radius 2 is 2.10 bits per heavy atom. The van der Waals surface area contributed by atoms with Gasteiger partial charge in [0.1, 0.15) is 0 Å². The Morgan fingerprint density at radius 1 is 1.20 bits per heavy atom. The molecule has 2 rings (SSSR count). The van der Waals surface area contributed by atoms with Gasteiger partial charge in [-0.15, -0.1) is 0 Å². The molecule has 0 saturated carbocycles. The van der Waals surface area contributed by atoms with E-state index in [4.69, 9.17) is 5.73 Å². The van der Waals surface area contributed by atoms with Crippen molar-refractivity contribution in [1.29, 1.82) is 0 Å². The van der Waals surface area contributed by atoms with E-state index in [-0.39, 0.29) is 0 Å². The molecule has 0 aromatic carbocycles. The molecule has 20 heavy (non-hydrogen) atoms. The lowest BCUT2D eigenvalue weighted by molar-refractivity contribution is 0.184. The Balaban J connectivity index is 1.76. The Hall–Kier alpha value is -0.910. The minimum Gasteiger partial charge on any atom is -0.330 e. The molecule has 1 saturated heterocycles. The van der Waals surface area contributed by atoms with Crippen LogP contribution in [-0.2, 0) is 6.54 Å². The third-order valence-electron chi connectivity index (χ3n) is 4.32. The van der Waals surface area contributed by atoms with Crippen LogP contribution in [0, 0.1) is 0 Å². The number of nitrogens with zero attached hydrogens (tertiary/aromatic N) is 4. The van der Waals surface area contributed by atoms with Crippen molar-refractivity contribution in [2.24, 2.45) is 5.73 Å². The second-order valence-electron chi connectivity index (χ2n) is 5.64. The van der Waals surface area contributed by atoms with Crippen LogP contribution in [0.2, 0.25) is 0 Å². The van der Waals surface area contributed by atoms with Crippen LogP contribution in [-0.4, -0.2) is 64.9 Å². The lowest BCUT2D eigenvalue weighted by Crippen LogP contribution is -2.39. The monoisotopic (exact) mass is 279 g/mol. The highest BCUT2D eigenvalue weighted by atomic mass is 15.3. The molecule has 5 heteroatoms. The van der Waals surface area contributed by atoms with E-state index in [1.807, 2.05) is 23.1 Å². The number of nitrogens with two attached hydrogens (primary N) is 1. The van der Waals surface area contributed by atoms with Gasteiger partial charge in [0.15, 0.2) is 0 Å². The van der Waals surface area contributed by atoms with Gasteiger partial charge in [0.25, 0.3) is 0 Å². The molecule has 1 aromatic rings. The van der Waals surface area contributed by atoms with Crippen molar-refractivity contribution in [2.75, 3.05) is 39.3 Å². The van der Waals surface area contributed by atoms with E-state index in [1.54, 1.807) is 0 Å². The van der Waals surface area contributed by atoms with Gasteiger partial charge in [0.2, 0.25) is 0 Å². The van der Waals surface area contributed by atoms with Crippen molar-refractivity contribution in [1.82, 2.24) is 19.6 Å². The smallest absolute Gasteiger partial charge is 0.0536 e. The van der Waals surface area contributed by atoms with Crippen molar-refractivity contribution in [3.63, 3.8) is 0 Å². The van der Waals surface area contributed by atoms with Crippen LogP contribution in [0.1, 0.15) is 26.2 Å². The molecule has 1 aliphatic rings. The first-order valence-corrected chi connectivity index (χ1v) is 7.97. The van der Waals surface area contributed by atoms with Crippen molar-refractivity contribution in [2.45, 2.75) is 38.8 Å². The standard InChI is InChI=1S/C15H29N5/c1-2-15(5-6-16)19-9-4-8-18(11-13-19)12-14-20-10-3-7-17-20/h3,7,10,15H,2,4-6,8-9,11-14,16H2,1H3. The SMILES string of the molecule is CCC(CCN)N1CCCN(CCn2cccn2)CC1. The Labute approximate surface area is 122 Å². The topological polar surface area (TPSA) is 50.3 Å². The highest BCUT2D eigenvalue weighted by Crippen LogP contribution is 2.12. The van der Waals surface area contributed by atoms with Gasteiger partial charge in [-0.2, -0.15) is 5.10 Å². The fourth-order valence-corrected chi connectivity index (χ4v) is 3.09. The maximum atomic E-state index is 5.73. The largest absolute Gasteiger partial charge is 0.330 e. The first-order valence-electron chi connectivity index (χ1n) is 7.97. The molecule has 2 N–H and O–H groups in total. The van der Waals surface area contributed by atoms with Crippen LogP contribution < -0.4 is 5.73 Å². The second-order valence-corrected chi connectivity index (χ2v) is 5.64.